The zero-order chi connectivity index (χ0) is 19.3. The molecule has 1 saturated heterocycles. The van der Waals surface area contributed by atoms with Crippen LogP contribution in [0.5, 0.6) is 0 Å². The third kappa shape index (κ3) is 3.21. The fourth-order valence-corrected chi connectivity index (χ4v) is 7.42. The van der Waals surface area contributed by atoms with Gasteiger partial charge in [-0.25, -0.2) is 4.98 Å². The van der Waals surface area contributed by atoms with Crippen LogP contribution in [0.4, 0.5) is 5.13 Å². The van der Waals surface area contributed by atoms with E-state index in [2.05, 4.69) is 36.9 Å². The number of nitrogens with one attached hydrogen (secondary N) is 3. The average Bonchev–Trinajstić information content (AvgIpc) is 3.20. The summed E-state index contributed by atoms with van der Waals surface area (Å²) in [6, 6.07) is 0. The SMILES string of the molecule is O=C(NCC1CCNCC1)[C@H]1[C@H](C(=O)Nc2ncc(Br)s2)[C@@H]2CC[C@H]1C21CC1. The van der Waals surface area contributed by atoms with Crippen molar-refractivity contribution in [2.45, 2.75) is 38.5 Å². The predicted octanol–water partition coefficient (Wildman–Crippen LogP) is 3.01. The minimum absolute atomic E-state index is 0.0117. The number of aromatic nitrogens is 1. The number of nitrogens with zero attached hydrogens (tertiary/aromatic N) is 1. The van der Waals surface area contributed by atoms with Crippen molar-refractivity contribution < 1.29 is 9.59 Å². The maximum atomic E-state index is 13.2. The number of anilines is 1. The van der Waals surface area contributed by atoms with Gasteiger partial charge in [-0.2, -0.15) is 0 Å². The molecule has 0 aromatic carbocycles. The Morgan fingerprint density at radius 3 is 2.43 bits per heavy atom. The number of carbonyl (C=O) groups excluding carboxylic acids is 2. The number of rotatable bonds is 5. The monoisotopic (exact) mass is 466 g/mol. The Bertz CT molecular complexity index is 774. The van der Waals surface area contributed by atoms with Crippen molar-refractivity contribution in [3.63, 3.8) is 0 Å². The molecule has 2 heterocycles. The summed E-state index contributed by atoms with van der Waals surface area (Å²) in [5.74, 6) is 1.00. The van der Waals surface area contributed by atoms with Crippen molar-refractivity contribution in [3.05, 3.63) is 9.98 Å². The molecule has 1 spiro atoms. The quantitative estimate of drug-likeness (QED) is 0.622. The highest BCUT2D eigenvalue weighted by Gasteiger charge is 2.71. The van der Waals surface area contributed by atoms with Crippen LogP contribution in [0.3, 0.4) is 0 Å². The minimum Gasteiger partial charge on any atom is -0.356 e. The number of carbonyl (C=O) groups is 2. The maximum absolute atomic E-state index is 13.2. The van der Waals surface area contributed by atoms with Crippen molar-refractivity contribution >= 4 is 44.2 Å². The lowest BCUT2D eigenvalue weighted by Crippen LogP contribution is -2.45. The summed E-state index contributed by atoms with van der Waals surface area (Å²) in [7, 11) is 0. The zero-order valence-corrected chi connectivity index (χ0v) is 18.3. The van der Waals surface area contributed by atoms with Crippen LogP contribution in [0.25, 0.3) is 0 Å². The van der Waals surface area contributed by atoms with Crippen LogP contribution in [0.1, 0.15) is 38.5 Å². The third-order valence-electron chi connectivity index (χ3n) is 7.68. The van der Waals surface area contributed by atoms with E-state index in [4.69, 9.17) is 0 Å². The van der Waals surface area contributed by atoms with E-state index in [-0.39, 0.29) is 29.1 Å². The molecule has 1 aromatic heterocycles. The minimum atomic E-state index is -0.211. The van der Waals surface area contributed by atoms with Crippen molar-refractivity contribution in [2.24, 2.45) is 35.0 Å². The number of thiazole rings is 1. The fourth-order valence-electron chi connectivity index (χ4n) is 6.31. The van der Waals surface area contributed by atoms with Gasteiger partial charge in [0.25, 0.3) is 0 Å². The Labute approximate surface area is 177 Å². The van der Waals surface area contributed by atoms with Gasteiger partial charge in [0.05, 0.1) is 21.8 Å². The highest BCUT2D eigenvalue weighted by molar-refractivity contribution is 9.11. The Hall–Kier alpha value is -0.990. The molecule has 2 amide bonds. The highest BCUT2D eigenvalue weighted by Crippen LogP contribution is 2.74. The topological polar surface area (TPSA) is 83.1 Å². The van der Waals surface area contributed by atoms with E-state index < -0.39 is 0 Å². The zero-order valence-electron chi connectivity index (χ0n) is 15.9. The Balaban J connectivity index is 1.31. The van der Waals surface area contributed by atoms with E-state index in [0.717, 1.165) is 49.1 Å². The van der Waals surface area contributed by atoms with Gasteiger partial charge in [0.15, 0.2) is 5.13 Å². The molecule has 4 aliphatic rings. The van der Waals surface area contributed by atoms with Crippen LogP contribution in [0.15, 0.2) is 9.98 Å². The van der Waals surface area contributed by atoms with Crippen LogP contribution in [0.2, 0.25) is 0 Å². The second kappa shape index (κ2) is 7.36. The van der Waals surface area contributed by atoms with Crippen LogP contribution in [-0.2, 0) is 9.59 Å². The van der Waals surface area contributed by atoms with E-state index in [1.54, 1.807) is 6.20 Å². The fraction of sp³-hybridized carbons (Fsp3) is 0.750. The van der Waals surface area contributed by atoms with Gasteiger partial charge in [-0.15, -0.1) is 0 Å². The van der Waals surface area contributed by atoms with Gasteiger partial charge in [0.1, 0.15) is 0 Å². The summed E-state index contributed by atoms with van der Waals surface area (Å²) in [6.07, 6.45) is 8.49. The van der Waals surface area contributed by atoms with Crippen molar-refractivity contribution in [1.29, 1.82) is 0 Å². The lowest BCUT2D eigenvalue weighted by atomic mass is 9.78. The van der Waals surface area contributed by atoms with Crippen LogP contribution >= 0.6 is 27.3 Å². The number of piperidine rings is 1. The summed E-state index contributed by atoms with van der Waals surface area (Å²) in [6.45, 7) is 2.81. The van der Waals surface area contributed by atoms with Crippen molar-refractivity contribution in [3.8, 4) is 0 Å². The molecule has 5 rings (SSSR count). The molecule has 0 radical (unpaired) electrons. The average molecular weight is 467 g/mol. The lowest BCUT2D eigenvalue weighted by Gasteiger charge is -2.30. The molecule has 2 bridgehead atoms. The van der Waals surface area contributed by atoms with E-state index in [1.807, 2.05) is 0 Å². The van der Waals surface area contributed by atoms with Gasteiger partial charge >= 0.3 is 0 Å². The first-order chi connectivity index (χ1) is 13.6. The molecule has 8 heteroatoms. The number of halogens is 1. The maximum Gasteiger partial charge on any atom is 0.230 e. The van der Waals surface area contributed by atoms with Gasteiger partial charge < -0.3 is 16.0 Å². The van der Waals surface area contributed by atoms with Gasteiger partial charge in [-0.3, -0.25) is 9.59 Å². The van der Waals surface area contributed by atoms with Crippen LogP contribution in [-0.4, -0.2) is 36.4 Å². The van der Waals surface area contributed by atoms with Crippen LogP contribution < -0.4 is 16.0 Å². The second-order valence-electron chi connectivity index (χ2n) is 8.97. The molecule has 0 unspecified atom stereocenters. The summed E-state index contributed by atoms with van der Waals surface area (Å²) in [5, 5.41) is 10.2. The standard InChI is InChI=1S/C20H27BrN4O2S/c21-14-10-24-19(28-14)25-18(27)16-13-2-1-12(20(13)5-6-20)15(16)17(26)23-9-11-3-7-22-8-4-11/h10-13,15-16,22H,1-9H2,(H,23,26)(H,24,25,27)/t12-,13+,15-,16-/m1/s1. The number of hydrogen-bond acceptors (Lipinski definition) is 5. The van der Waals surface area contributed by atoms with E-state index >= 15 is 0 Å². The Morgan fingerprint density at radius 2 is 1.82 bits per heavy atom. The summed E-state index contributed by atoms with van der Waals surface area (Å²) in [4.78, 5) is 30.7. The van der Waals surface area contributed by atoms with Crippen LogP contribution in [0, 0.1) is 35.0 Å². The summed E-state index contributed by atoms with van der Waals surface area (Å²) < 4.78 is 0.894. The highest BCUT2D eigenvalue weighted by atomic mass is 79.9. The predicted molar refractivity (Wildman–Crippen MR) is 112 cm³/mol. The van der Waals surface area contributed by atoms with Gasteiger partial charge in [0.2, 0.25) is 11.8 Å². The smallest absolute Gasteiger partial charge is 0.230 e. The van der Waals surface area contributed by atoms with Gasteiger partial charge in [0, 0.05) is 6.54 Å². The van der Waals surface area contributed by atoms with E-state index in [0.29, 0.717) is 22.9 Å². The Morgan fingerprint density at radius 1 is 1.14 bits per heavy atom. The first kappa shape index (κ1) is 19.0. The molecule has 1 aliphatic heterocycles. The molecular formula is C20H27BrN4O2S. The molecule has 1 aromatic rings. The first-order valence-corrected chi connectivity index (χ1v) is 12.1. The Kier molecular flexibility index (Phi) is 5.00. The molecule has 3 saturated carbocycles. The normalized spacial score (nSPS) is 33.2. The summed E-state index contributed by atoms with van der Waals surface area (Å²) in [5.41, 5.74) is 0.266. The molecule has 6 nitrogen and oxygen atoms in total. The van der Waals surface area contributed by atoms with Crippen molar-refractivity contribution in [1.82, 2.24) is 15.6 Å². The van der Waals surface area contributed by atoms with Crippen molar-refractivity contribution in [2.75, 3.05) is 25.0 Å². The molecule has 152 valence electrons. The summed E-state index contributed by atoms with van der Waals surface area (Å²) >= 11 is 4.81. The largest absolute Gasteiger partial charge is 0.356 e. The lowest BCUT2D eigenvalue weighted by molar-refractivity contribution is -0.134. The number of hydrogen-bond donors (Lipinski definition) is 3. The molecule has 3 aliphatic carbocycles. The third-order valence-corrected chi connectivity index (χ3v) is 9.08. The van der Waals surface area contributed by atoms with Gasteiger partial charge in [-0.05, 0) is 90.7 Å². The molecule has 28 heavy (non-hydrogen) atoms. The van der Waals surface area contributed by atoms with E-state index in [1.165, 1.54) is 24.2 Å². The van der Waals surface area contributed by atoms with E-state index in [9.17, 15) is 9.59 Å². The number of amides is 2. The first-order valence-electron chi connectivity index (χ1n) is 10.5. The molecule has 4 atom stereocenters. The molecular weight excluding hydrogens is 440 g/mol. The molecule has 3 N–H and O–H groups in total. The van der Waals surface area contributed by atoms with Gasteiger partial charge in [-0.1, -0.05) is 11.3 Å². The second-order valence-corrected chi connectivity index (χ2v) is 11.4. The molecule has 4 fully saturated rings.